The third-order valence-corrected chi connectivity index (χ3v) is 7.43. The number of anilines is 1. The fourth-order valence-corrected chi connectivity index (χ4v) is 5.53. The molecule has 1 aliphatic rings. The van der Waals surface area contributed by atoms with Crippen LogP contribution in [0.5, 0.6) is 0 Å². The minimum Gasteiger partial charge on any atom is -0.390 e. The van der Waals surface area contributed by atoms with E-state index >= 15 is 0 Å². The Morgan fingerprint density at radius 1 is 1.31 bits per heavy atom. The van der Waals surface area contributed by atoms with Crippen LogP contribution in [0.15, 0.2) is 42.3 Å². The van der Waals surface area contributed by atoms with E-state index in [1.54, 1.807) is 11.9 Å². The highest BCUT2D eigenvalue weighted by molar-refractivity contribution is 8.03. The Bertz CT molecular complexity index is 1210. The van der Waals surface area contributed by atoms with Crippen LogP contribution in [0.1, 0.15) is 47.4 Å². The summed E-state index contributed by atoms with van der Waals surface area (Å²) in [6, 6.07) is 10.1. The minimum atomic E-state index is -0.747. The molecule has 2 aromatic carbocycles. The number of benzene rings is 2. The Labute approximate surface area is 193 Å². The average Bonchev–Trinajstić information content (AvgIpc) is 3.11. The van der Waals surface area contributed by atoms with Gasteiger partial charge in [-0.2, -0.15) is 0 Å². The van der Waals surface area contributed by atoms with E-state index in [4.69, 9.17) is 5.73 Å². The fourth-order valence-electron chi connectivity index (χ4n) is 5.00. The van der Waals surface area contributed by atoms with Gasteiger partial charge in [0, 0.05) is 18.1 Å². The lowest BCUT2D eigenvalue weighted by molar-refractivity contribution is 0.0107. The number of carbonyl (C=O) groups excluding carboxylic acids is 1. The van der Waals surface area contributed by atoms with Gasteiger partial charge in [0.2, 0.25) is 0 Å². The van der Waals surface area contributed by atoms with E-state index in [9.17, 15) is 9.90 Å². The van der Waals surface area contributed by atoms with Gasteiger partial charge in [-0.25, -0.2) is 0 Å². The maximum absolute atomic E-state index is 12.2. The zero-order valence-corrected chi connectivity index (χ0v) is 20.0. The highest BCUT2D eigenvalue weighted by atomic mass is 32.2. The van der Waals surface area contributed by atoms with Crippen LogP contribution in [0.2, 0.25) is 0 Å². The molecule has 1 aliphatic carbocycles. The SMILES string of the molecule is C=CSN(C)c1cccc(-c2ccc(C(N)=O)c3[nH]c4c(c23)CCC(C(C)(C)O)C4)c1C. The van der Waals surface area contributed by atoms with Gasteiger partial charge in [-0.05, 0) is 97.7 Å². The summed E-state index contributed by atoms with van der Waals surface area (Å²) in [5, 5.41) is 13.5. The number of aromatic amines is 1. The molecule has 4 rings (SSSR count). The van der Waals surface area contributed by atoms with Gasteiger partial charge in [0.1, 0.15) is 0 Å². The summed E-state index contributed by atoms with van der Waals surface area (Å²) in [7, 11) is 2.03. The van der Waals surface area contributed by atoms with Crippen molar-refractivity contribution in [1.82, 2.24) is 4.98 Å². The Kier molecular flexibility index (Phi) is 5.86. The number of hydrogen-bond acceptors (Lipinski definition) is 4. The standard InChI is InChI=1S/C26H31N3O2S/c1-6-32-29(5)22-9-7-8-17(15(22)2)18-12-13-20(25(27)30)24-23(18)19-11-10-16(26(3,4)31)14-21(19)28-24/h6-9,12-13,16,28,31H,1,10-11,14H2,2-5H3,(H2,27,30). The summed E-state index contributed by atoms with van der Waals surface area (Å²) < 4.78 is 2.10. The van der Waals surface area contributed by atoms with Crippen LogP contribution in [0.4, 0.5) is 5.69 Å². The Morgan fingerprint density at radius 3 is 2.72 bits per heavy atom. The molecular formula is C26H31N3O2S. The average molecular weight is 450 g/mol. The fraction of sp³-hybridized carbons (Fsp3) is 0.346. The number of amides is 1. The monoisotopic (exact) mass is 449 g/mol. The molecule has 0 fully saturated rings. The van der Waals surface area contributed by atoms with Crippen LogP contribution in [0.25, 0.3) is 22.0 Å². The van der Waals surface area contributed by atoms with Crippen LogP contribution in [0, 0.1) is 12.8 Å². The van der Waals surface area contributed by atoms with Gasteiger partial charge in [-0.3, -0.25) is 4.79 Å². The molecule has 1 heterocycles. The number of rotatable bonds is 6. The van der Waals surface area contributed by atoms with Gasteiger partial charge in [0.15, 0.2) is 0 Å². The van der Waals surface area contributed by atoms with Crippen molar-refractivity contribution in [3.05, 3.63) is 64.7 Å². The van der Waals surface area contributed by atoms with E-state index in [0.29, 0.717) is 5.56 Å². The lowest BCUT2D eigenvalue weighted by atomic mass is 9.77. The normalized spacial score (nSPS) is 16.1. The predicted octanol–water partition coefficient (Wildman–Crippen LogP) is 5.35. The minimum absolute atomic E-state index is 0.165. The van der Waals surface area contributed by atoms with Crippen LogP contribution in [0.3, 0.4) is 0 Å². The smallest absolute Gasteiger partial charge is 0.250 e. The number of nitrogens with one attached hydrogen (secondary N) is 1. The van der Waals surface area contributed by atoms with E-state index < -0.39 is 11.5 Å². The molecule has 3 aromatic rings. The summed E-state index contributed by atoms with van der Waals surface area (Å²) in [6.07, 6.45) is 2.51. The quantitative estimate of drug-likeness (QED) is 0.443. The molecule has 0 saturated heterocycles. The van der Waals surface area contributed by atoms with Crippen LogP contribution >= 0.6 is 11.9 Å². The number of fused-ring (bicyclic) bond motifs is 3. The molecule has 1 amide bonds. The molecule has 0 bridgehead atoms. The number of primary amides is 1. The van der Waals surface area contributed by atoms with E-state index in [1.165, 1.54) is 5.56 Å². The van der Waals surface area contributed by atoms with Crippen molar-refractivity contribution in [2.45, 2.75) is 45.6 Å². The molecule has 1 atom stereocenters. The highest BCUT2D eigenvalue weighted by Crippen LogP contribution is 2.43. The zero-order chi connectivity index (χ0) is 23.2. The lowest BCUT2D eigenvalue weighted by Crippen LogP contribution is -2.34. The third-order valence-electron chi connectivity index (χ3n) is 6.77. The van der Waals surface area contributed by atoms with E-state index in [1.807, 2.05) is 38.4 Å². The van der Waals surface area contributed by atoms with Gasteiger partial charge in [-0.1, -0.05) is 24.8 Å². The van der Waals surface area contributed by atoms with Gasteiger partial charge >= 0.3 is 0 Å². The number of aryl methyl sites for hydroxylation is 1. The van der Waals surface area contributed by atoms with Crippen molar-refractivity contribution in [3.63, 3.8) is 0 Å². The van der Waals surface area contributed by atoms with E-state index in [-0.39, 0.29) is 5.92 Å². The molecule has 0 spiro atoms. The highest BCUT2D eigenvalue weighted by Gasteiger charge is 2.33. The number of carbonyl (C=O) groups is 1. The molecule has 168 valence electrons. The number of hydrogen-bond donors (Lipinski definition) is 3. The van der Waals surface area contributed by atoms with Gasteiger partial charge in [0.25, 0.3) is 5.91 Å². The largest absolute Gasteiger partial charge is 0.390 e. The first-order valence-corrected chi connectivity index (χ1v) is 11.8. The topological polar surface area (TPSA) is 82.3 Å². The molecule has 5 nitrogen and oxygen atoms in total. The van der Waals surface area contributed by atoms with Crippen LogP contribution in [-0.4, -0.2) is 28.6 Å². The first-order chi connectivity index (χ1) is 15.1. The van der Waals surface area contributed by atoms with Gasteiger partial charge in [0.05, 0.1) is 22.4 Å². The number of nitrogens with two attached hydrogens (primary N) is 1. The Balaban J connectivity index is 1.94. The molecule has 0 aliphatic heterocycles. The molecule has 32 heavy (non-hydrogen) atoms. The first-order valence-electron chi connectivity index (χ1n) is 10.9. The number of nitrogens with zero attached hydrogens (tertiary/aromatic N) is 1. The predicted molar refractivity (Wildman–Crippen MR) is 135 cm³/mol. The van der Waals surface area contributed by atoms with E-state index in [2.05, 4.69) is 41.0 Å². The molecule has 0 radical (unpaired) electrons. The zero-order valence-electron chi connectivity index (χ0n) is 19.2. The second-order valence-electron chi connectivity index (χ2n) is 9.17. The summed E-state index contributed by atoms with van der Waals surface area (Å²) in [5.74, 6) is -0.273. The molecule has 6 heteroatoms. The summed E-state index contributed by atoms with van der Waals surface area (Å²) in [4.78, 5) is 15.7. The summed E-state index contributed by atoms with van der Waals surface area (Å²) >= 11 is 1.55. The number of aliphatic hydroxyl groups is 1. The van der Waals surface area contributed by atoms with Crippen molar-refractivity contribution in [1.29, 1.82) is 0 Å². The molecule has 1 unspecified atom stereocenters. The van der Waals surface area contributed by atoms with Gasteiger partial charge < -0.3 is 20.1 Å². The van der Waals surface area contributed by atoms with Crippen molar-refractivity contribution in [2.75, 3.05) is 11.4 Å². The van der Waals surface area contributed by atoms with Crippen LogP contribution < -0.4 is 10.0 Å². The van der Waals surface area contributed by atoms with Crippen molar-refractivity contribution >= 4 is 34.4 Å². The summed E-state index contributed by atoms with van der Waals surface area (Å²) in [5.41, 5.74) is 13.1. The maximum atomic E-state index is 12.2. The molecule has 1 aromatic heterocycles. The second-order valence-corrected chi connectivity index (χ2v) is 10.3. The molecular weight excluding hydrogens is 418 g/mol. The summed E-state index contributed by atoms with van der Waals surface area (Å²) in [6.45, 7) is 9.70. The van der Waals surface area contributed by atoms with E-state index in [0.717, 1.165) is 58.2 Å². The second kappa shape index (κ2) is 8.34. The van der Waals surface area contributed by atoms with Crippen molar-refractivity contribution in [3.8, 4) is 11.1 Å². The van der Waals surface area contributed by atoms with Crippen molar-refractivity contribution < 1.29 is 9.90 Å². The number of aromatic nitrogens is 1. The Morgan fingerprint density at radius 2 is 2.06 bits per heavy atom. The molecule has 4 N–H and O–H groups in total. The van der Waals surface area contributed by atoms with Crippen molar-refractivity contribution in [2.24, 2.45) is 11.7 Å². The Hall–Kier alpha value is -2.70. The molecule has 0 saturated carbocycles. The lowest BCUT2D eigenvalue weighted by Gasteiger charge is -2.32. The van der Waals surface area contributed by atoms with Crippen LogP contribution in [-0.2, 0) is 12.8 Å². The third kappa shape index (κ3) is 3.82. The number of H-pyrrole nitrogens is 1. The first kappa shape index (κ1) is 22.5. The maximum Gasteiger partial charge on any atom is 0.250 e. The van der Waals surface area contributed by atoms with Gasteiger partial charge in [-0.15, -0.1) is 0 Å².